The molecule has 1 aromatic rings. The number of hydrogen-bond acceptors (Lipinski definition) is 2. The van der Waals surface area contributed by atoms with Gasteiger partial charge in [-0.05, 0) is 37.6 Å². The average Bonchev–Trinajstić information content (AvgIpc) is 2.57. The fourth-order valence-corrected chi connectivity index (χ4v) is 2.18. The smallest absolute Gasteiger partial charge is 0.0409 e. The molecule has 0 bridgehead atoms. The molecule has 1 unspecified atom stereocenters. The summed E-state index contributed by atoms with van der Waals surface area (Å²) in [5, 5.41) is 6.75. The van der Waals surface area contributed by atoms with Crippen molar-refractivity contribution in [2.45, 2.75) is 19.8 Å². The molecule has 0 aromatic heterocycles. The first-order chi connectivity index (χ1) is 6.74. The Balaban J connectivity index is 2.37. The number of hydrogen-bond donors (Lipinski definition) is 2. The van der Waals surface area contributed by atoms with E-state index in [9.17, 15) is 0 Å². The van der Waals surface area contributed by atoms with Crippen LogP contribution in [0.5, 0.6) is 0 Å². The van der Waals surface area contributed by atoms with Gasteiger partial charge in [-0.1, -0.05) is 12.1 Å². The van der Waals surface area contributed by atoms with Crippen molar-refractivity contribution in [2.75, 3.05) is 25.5 Å². The van der Waals surface area contributed by atoms with Crippen molar-refractivity contribution in [1.29, 1.82) is 0 Å². The van der Waals surface area contributed by atoms with Crippen molar-refractivity contribution in [3.8, 4) is 0 Å². The lowest BCUT2D eigenvalue weighted by atomic mass is 9.97. The molecule has 2 N–H and O–H groups in total. The standard InChI is InChI=1S/C12H18N2/c1-8-4-5-11-10(6-13-3)7-14-12(11)9(8)2/h4-5,10,13-14H,6-7H2,1-3H3. The van der Waals surface area contributed by atoms with E-state index in [1.807, 2.05) is 7.05 Å². The summed E-state index contributed by atoms with van der Waals surface area (Å²) in [5.41, 5.74) is 5.62. The average molecular weight is 190 g/mol. The van der Waals surface area contributed by atoms with Crippen molar-refractivity contribution >= 4 is 5.69 Å². The van der Waals surface area contributed by atoms with E-state index in [0.29, 0.717) is 5.92 Å². The zero-order chi connectivity index (χ0) is 10.1. The fraction of sp³-hybridized carbons (Fsp3) is 0.500. The van der Waals surface area contributed by atoms with Gasteiger partial charge in [-0.15, -0.1) is 0 Å². The van der Waals surface area contributed by atoms with Gasteiger partial charge in [-0.2, -0.15) is 0 Å². The molecule has 0 saturated heterocycles. The van der Waals surface area contributed by atoms with Gasteiger partial charge >= 0.3 is 0 Å². The van der Waals surface area contributed by atoms with Crippen molar-refractivity contribution in [1.82, 2.24) is 5.32 Å². The molecule has 2 heteroatoms. The third-order valence-corrected chi connectivity index (χ3v) is 3.18. The van der Waals surface area contributed by atoms with Gasteiger partial charge in [0.2, 0.25) is 0 Å². The third-order valence-electron chi connectivity index (χ3n) is 3.18. The van der Waals surface area contributed by atoms with Gasteiger partial charge in [-0.3, -0.25) is 0 Å². The van der Waals surface area contributed by atoms with Crippen LogP contribution in [0.4, 0.5) is 5.69 Å². The molecule has 0 saturated carbocycles. The summed E-state index contributed by atoms with van der Waals surface area (Å²) in [7, 11) is 2.01. The Kier molecular flexibility index (Phi) is 2.46. The highest BCUT2D eigenvalue weighted by atomic mass is 14.9. The highest BCUT2D eigenvalue weighted by Crippen LogP contribution is 2.34. The first-order valence-electron chi connectivity index (χ1n) is 5.22. The number of fused-ring (bicyclic) bond motifs is 1. The van der Waals surface area contributed by atoms with Crippen molar-refractivity contribution < 1.29 is 0 Å². The van der Waals surface area contributed by atoms with Crippen LogP contribution >= 0.6 is 0 Å². The summed E-state index contributed by atoms with van der Waals surface area (Å²) < 4.78 is 0. The minimum absolute atomic E-state index is 0.634. The second-order valence-corrected chi connectivity index (χ2v) is 4.11. The maximum absolute atomic E-state index is 3.50. The topological polar surface area (TPSA) is 24.1 Å². The Morgan fingerprint density at radius 1 is 1.43 bits per heavy atom. The van der Waals surface area contributed by atoms with Gasteiger partial charge in [0.25, 0.3) is 0 Å². The van der Waals surface area contributed by atoms with Crippen molar-refractivity contribution in [3.63, 3.8) is 0 Å². The van der Waals surface area contributed by atoms with E-state index in [1.54, 1.807) is 0 Å². The molecule has 2 nitrogen and oxygen atoms in total. The molecule has 0 aliphatic carbocycles. The van der Waals surface area contributed by atoms with Crippen LogP contribution in [0.15, 0.2) is 12.1 Å². The number of aryl methyl sites for hydroxylation is 1. The molecule has 76 valence electrons. The van der Waals surface area contributed by atoms with Gasteiger partial charge in [0.05, 0.1) is 0 Å². The van der Waals surface area contributed by atoms with Gasteiger partial charge in [-0.25, -0.2) is 0 Å². The van der Waals surface area contributed by atoms with Crippen LogP contribution in [0.2, 0.25) is 0 Å². The molecule has 1 aliphatic heterocycles. The predicted octanol–water partition coefficient (Wildman–Crippen LogP) is 2.03. The molecule has 14 heavy (non-hydrogen) atoms. The summed E-state index contributed by atoms with van der Waals surface area (Å²) in [5.74, 6) is 0.634. The van der Waals surface area contributed by atoms with Gasteiger partial charge in [0.1, 0.15) is 0 Å². The lowest BCUT2D eigenvalue weighted by Gasteiger charge is -2.10. The van der Waals surface area contributed by atoms with Crippen LogP contribution in [0.3, 0.4) is 0 Å². The SMILES string of the molecule is CNCC1CNc2c1ccc(C)c2C. The minimum Gasteiger partial charge on any atom is -0.384 e. The minimum atomic E-state index is 0.634. The molecule has 1 aliphatic rings. The van der Waals surface area contributed by atoms with Crippen LogP contribution in [0.25, 0.3) is 0 Å². The summed E-state index contributed by atoms with van der Waals surface area (Å²) in [6.07, 6.45) is 0. The van der Waals surface area contributed by atoms with Crippen molar-refractivity contribution in [2.24, 2.45) is 0 Å². The third kappa shape index (κ3) is 1.40. The van der Waals surface area contributed by atoms with E-state index in [1.165, 1.54) is 22.4 Å². The molecule has 1 atom stereocenters. The summed E-state index contributed by atoms with van der Waals surface area (Å²) in [6.45, 7) is 6.49. The highest BCUT2D eigenvalue weighted by molar-refractivity contribution is 5.64. The molecule has 2 rings (SSSR count). The molecular formula is C12H18N2. The lowest BCUT2D eigenvalue weighted by Crippen LogP contribution is -2.18. The largest absolute Gasteiger partial charge is 0.384 e. The molecular weight excluding hydrogens is 172 g/mol. The Morgan fingerprint density at radius 3 is 2.93 bits per heavy atom. The van der Waals surface area contributed by atoms with E-state index >= 15 is 0 Å². The summed E-state index contributed by atoms with van der Waals surface area (Å²) in [6, 6.07) is 4.49. The number of likely N-dealkylation sites (N-methyl/N-ethyl adjacent to an activating group) is 1. The Hall–Kier alpha value is -1.02. The zero-order valence-electron chi connectivity index (χ0n) is 9.15. The van der Waals surface area contributed by atoms with Gasteiger partial charge < -0.3 is 10.6 Å². The predicted molar refractivity (Wildman–Crippen MR) is 61.1 cm³/mol. The zero-order valence-corrected chi connectivity index (χ0v) is 9.15. The van der Waals surface area contributed by atoms with Crippen LogP contribution in [-0.2, 0) is 0 Å². The van der Waals surface area contributed by atoms with Crippen LogP contribution in [0, 0.1) is 13.8 Å². The summed E-state index contributed by atoms with van der Waals surface area (Å²) >= 11 is 0. The first kappa shape index (κ1) is 9.53. The monoisotopic (exact) mass is 190 g/mol. The fourth-order valence-electron chi connectivity index (χ4n) is 2.18. The molecule has 0 radical (unpaired) electrons. The molecule has 1 aromatic carbocycles. The van der Waals surface area contributed by atoms with E-state index in [0.717, 1.165) is 13.1 Å². The van der Waals surface area contributed by atoms with E-state index in [4.69, 9.17) is 0 Å². The van der Waals surface area contributed by atoms with Crippen LogP contribution in [-0.4, -0.2) is 20.1 Å². The molecule has 0 amide bonds. The lowest BCUT2D eigenvalue weighted by molar-refractivity contribution is 0.674. The highest BCUT2D eigenvalue weighted by Gasteiger charge is 2.22. The number of nitrogens with one attached hydrogen (secondary N) is 2. The number of benzene rings is 1. The summed E-state index contributed by atoms with van der Waals surface area (Å²) in [4.78, 5) is 0. The second-order valence-electron chi connectivity index (χ2n) is 4.11. The van der Waals surface area contributed by atoms with E-state index in [-0.39, 0.29) is 0 Å². The number of rotatable bonds is 2. The Bertz CT molecular complexity index is 344. The van der Waals surface area contributed by atoms with Crippen LogP contribution in [0.1, 0.15) is 22.6 Å². The normalized spacial score (nSPS) is 19.2. The molecule has 1 heterocycles. The van der Waals surface area contributed by atoms with Gasteiger partial charge in [0, 0.05) is 24.7 Å². The molecule has 0 fully saturated rings. The van der Waals surface area contributed by atoms with Crippen LogP contribution < -0.4 is 10.6 Å². The Morgan fingerprint density at radius 2 is 2.21 bits per heavy atom. The first-order valence-corrected chi connectivity index (χ1v) is 5.22. The molecule has 0 spiro atoms. The van der Waals surface area contributed by atoms with E-state index in [2.05, 4.69) is 36.6 Å². The second kappa shape index (κ2) is 3.62. The number of anilines is 1. The Labute approximate surface area is 85.7 Å². The van der Waals surface area contributed by atoms with Gasteiger partial charge in [0.15, 0.2) is 0 Å². The maximum Gasteiger partial charge on any atom is 0.0409 e. The maximum atomic E-state index is 3.50. The quantitative estimate of drug-likeness (QED) is 0.745. The van der Waals surface area contributed by atoms with E-state index < -0.39 is 0 Å². The van der Waals surface area contributed by atoms with Crippen molar-refractivity contribution in [3.05, 3.63) is 28.8 Å².